The number of tetrazole rings is 1. The largest absolute Gasteiger partial charge is 0.307 e. The first-order valence-electron chi connectivity index (χ1n) is 7.87. The van der Waals surface area contributed by atoms with Gasteiger partial charge in [-0.25, -0.2) is 4.68 Å². The van der Waals surface area contributed by atoms with Crippen molar-refractivity contribution < 1.29 is 0 Å². The molecule has 3 rings (SSSR count). The summed E-state index contributed by atoms with van der Waals surface area (Å²) < 4.78 is 2.08. The Morgan fingerprint density at radius 3 is 2.63 bits per heavy atom. The number of hydrogen-bond acceptors (Lipinski definition) is 4. The molecule has 0 bridgehead atoms. The quantitative estimate of drug-likeness (QED) is 0.856. The first kappa shape index (κ1) is 13.0. The van der Waals surface area contributed by atoms with Gasteiger partial charge in [0.1, 0.15) is 0 Å². The predicted molar refractivity (Wildman–Crippen MR) is 73.6 cm³/mol. The summed E-state index contributed by atoms with van der Waals surface area (Å²) in [7, 11) is 0. The fraction of sp³-hybridized carbons (Fsp3) is 0.929. The van der Waals surface area contributed by atoms with E-state index in [9.17, 15) is 0 Å². The van der Waals surface area contributed by atoms with Crippen molar-refractivity contribution in [3.8, 4) is 0 Å². The number of hydrogen-bond donors (Lipinski definition) is 1. The van der Waals surface area contributed by atoms with Crippen LogP contribution in [0.4, 0.5) is 0 Å². The predicted octanol–water partition coefficient (Wildman–Crippen LogP) is 2.46. The van der Waals surface area contributed by atoms with Crippen molar-refractivity contribution in [2.75, 3.05) is 0 Å². The number of aromatic nitrogens is 4. The molecule has 0 aliphatic heterocycles. The number of nitrogens with zero attached hydrogens (tertiary/aromatic N) is 4. The molecule has 1 aromatic rings. The molecule has 5 nitrogen and oxygen atoms in total. The van der Waals surface area contributed by atoms with Crippen molar-refractivity contribution in [2.45, 2.75) is 76.9 Å². The molecule has 0 unspecified atom stereocenters. The minimum absolute atomic E-state index is 0.527. The van der Waals surface area contributed by atoms with Crippen LogP contribution in [0.25, 0.3) is 0 Å². The molecule has 0 spiro atoms. The van der Waals surface area contributed by atoms with E-state index in [1.165, 1.54) is 51.4 Å². The third kappa shape index (κ3) is 3.32. The van der Waals surface area contributed by atoms with Crippen molar-refractivity contribution in [2.24, 2.45) is 5.92 Å². The average molecular weight is 263 g/mol. The van der Waals surface area contributed by atoms with Crippen LogP contribution in [0, 0.1) is 5.92 Å². The molecule has 2 fully saturated rings. The van der Waals surface area contributed by atoms with E-state index in [0.717, 1.165) is 18.3 Å². The molecule has 2 aliphatic carbocycles. The zero-order chi connectivity index (χ0) is 13.1. The average Bonchev–Trinajstić information content (AvgIpc) is 3.15. The van der Waals surface area contributed by atoms with Crippen LogP contribution < -0.4 is 5.32 Å². The molecule has 2 saturated carbocycles. The van der Waals surface area contributed by atoms with E-state index < -0.39 is 0 Å². The van der Waals surface area contributed by atoms with E-state index in [1.54, 1.807) is 0 Å². The van der Waals surface area contributed by atoms with E-state index in [0.29, 0.717) is 12.1 Å². The summed E-state index contributed by atoms with van der Waals surface area (Å²) in [5.41, 5.74) is 0. The lowest BCUT2D eigenvalue weighted by atomic mass is 9.83. The number of nitrogens with one attached hydrogen (secondary N) is 1. The standard InChI is InChI=1S/C14H25N5/c1-2-3-11-4-8-13(9-5-11)19-14(16-17-18-19)10-15-12-6-7-12/h11-13,15H,2-10H2,1H3. The molecule has 106 valence electrons. The lowest BCUT2D eigenvalue weighted by Gasteiger charge is -2.28. The van der Waals surface area contributed by atoms with Gasteiger partial charge in [0.05, 0.1) is 12.6 Å². The molecule has 0 amide bonds. The van der Waals surface area contributed by atoms with Gasteiger partial charge < -0.3 is 5.32 Å². The smallest absolute Gasteiger partial charge is 0.165 e. The summed E-state index contributed by atoms with van der Waals surface area (Å²) in [6, 6.07) is 1.24. The van der Waals surface area contributed by atoms with Crippen molar-refractivity contribution in [3.63, 3.8) is 0 Å². The van der Waals surface area contributed by atoms with Crippen molar-refractivity contribution in [1.29, 1.82) is 0 Å². The Morgan fingerprint density at radius 1 is 1.16 bits per heavy atom. The van der Waals surface area contributed by atoms with Crippen LogP contribution in [0.2, 0.25) is 0 Å². The zero-order valence-corrected chi connectivity index (χ0v) is 11.9. The van der Waals surface area contributed by atoms with Crippen LogP contribution in [0.5, 0.6) is 0 Å². The highest BCUT2D eigenvalue weighted by molar-refractivity contribution is 4.90. The fourth-order valence-electron chi connectivity index (χ4n) is 3.22. The van der Waals surface area contributed by atoms with Gasteiger partial charge in [0, 0.05) is 6.04 Å². The molecule has 0 atom stereocenters. The minimum atomic E-state index is 0.527. The summed E-state index contributed by atoms with van der Waals surface area (Å²) in [6.07, 6.45) is 10.5. The van der Waals surface area contributed by atoms with Crippen molar-refractivity contribution >= 4 is 0 Å². The minimum Gasteiger partial charge on any atom is -0.307 e. The molecule has 1 heterocycles. The lowest BCUT2D eigenvalue weighted by molar-refractivity contribution is 0.243. The van der Waals surface area contributed by atoms with Crippen LogP contribution in [-0.4, -0.2) is 26.2 Å². The van der Waals surface area contributed by atoms with Crippen LogP contribution in [0.15, 0.2) is 0 Å². The third-order valence-corrected chi connectivity index (χ3v) is 4.55. The van der Waals surface area contributed by atoms with E-state index in [2.05, 4.69) is 32.4 Å². The van der Waals surface area contributed by atoms with Crippen LogP contribution in [0.3, 0.4) is 0 Å². The van der Waals surface area contributed by atoms with Gasteiger partial charge in [0.25, 0.3) is 0 Å². The van der Waals surface area contributed by atoms with Gasteiger partial charge in [-0.15, -0.1) is 5.10 Å². The van der Waals surface area contributed by atoms with Crippen LogP contribution in [0.1, 0.15) is 70.2 Å². The molecular weight excluding hydrogens is 238 g/mol. The summed E-state index contributed by atoms with van der Waals surface area (Å²) in [5, 5.41) is 15.8. The van der Waals surface area contributed by atoms with E-state index in [-0.39, 0.29) is 0 Å². The van der Waals surface area contributed by atoms with E-state index >= 15 is 0 Å². The summed E-state index contributed by atoms with van der Waals surface area (Å²) in [5.74, 6) is 1.96. The highest BCUT2D eigenvalue weighted by atomic mass is 15.6. The van der Waals surface area contributed by atoms with Gasteiger partial charge in [-0.1, -0.05) is 19.8 Å². The van der Waals surface area contributed by atoms with Gasteiger partial charge in [0.2, 0.25) is 0 Å². The topological polar surface area (TPSA) is 55.6 Å². The molecule has 2 aliphatic rings. The first-order valence-corrected chi connectivity index (χ1v) is 7.87. The molecule has 0 aromatic carbocycles. The van der Waals surface area contributed by atoms with Crippen molar-refractivity contribution in [1.82, 2.24) is 25.5 Å². The van der Waals surface area contributed by atoms with Gasteiger partial charge in [-0.2, -0.15) is 0 Å². The summed E-state index contributed by atoms with van der Waals surface area (Å²) in [6.45, 7) is 3.11. The van der Waals surface area contributed by atoms with Crippen molar-refractivity contribution in [3.05, 3.63) is 5.82 Å². The second-order valence-corrected chi connectivity index (χ2v) is 6.16. The van der Waals surface area contributed by atoms with Gasteiger partial charge >= 0.3 is 0 Å². The lowest BCUT2D eigenvalue weighted by Crippen LogP contribution is -2.24. The maximum Gasteiger partial charge on any atom is 0.165 e. The van der Waals surface area contributed by atoms with Crippen LogP contribution >= 0.6 is 0 Å². The SMILES string of the molecule is CCCC1CCC(n2nnnc2CNC2CC2)CC1. The monoisotopic (exact) mass is 263 g/mol. The molecule has 1 aromatic heterocycles. The molecule has 0 radical (unpaired) electrons. The Morgan fingerprint density at radius 2 is 1.95 bits per heavy atom. The Balaban J connectivity index is 1.55. The molecule has 19 heavy (non-hydrogen) atoms. The van der Waals surface area contributed by atoms with Gasteiger partial charge in [-0.05, 0) is 54.9 Å². The maximum absolute atomic E-state index is 4.22. The molecular formula is C14H25N5. The highest BCUT2D eigenvalue weighted by Crippen LogP contribution is 2.34. The zero-order valence-electron chi connectivity index (χ0n) is 11.9. The summed E-state index contributed by atoms with van der Waals surface area (Å²) in [4.78, 5) is 0. The number of rotatable bonds is 6. The Hall–Kier alpha value is -0.970. The first-order chi connectivity index (χ1) is 9.36. The Labute approximate surface area is 115 Å². The summed E-state index contributed by atoms with van der Waals surface area (Å²) >= 11 is 0. The molecule has 1 N–H and O–H groups in total. The Kier molecular flexibility index (Phi) is 4.11. The molecule has 5 heteroatoms. The van der Waals surface area contributed by atoms with Gasteiger partial charge in [-0.3, -0.25) is 0 Å². The maximum atomic E-state index is 4.22. The molecule has 0 saturated heterocycles. The van der Waals surface area contributed by atoms with E-state index in [1.807, 2.05) is 0 Å². The van der Waals surface area contributed by atoms with Gasteiger partial charge in [0.15, 0.2) is 5.82 Å². The fourth-order valence-corrected chi connectivity index (χ4v) is 3.22. The Bertz CT molecular complexity index is 390. The second-order valence-electron chi connectivity index (χ2n) is 6.16. The van der Waals surface area contributed by atoms with Crippen LogP contribution in [-0.2, 0) is 6.54 Å². The normalized spacial score (nSPS) is 27.6. The second kappa shape index (κ2) is 5.99. The highest BCUT2D eigenvalue weighted by Gasteiger charge is 2.26. The third-order valence-electron chi connectivity index (χ3n) is 4.55. The van der Waals surface area contributed by atoms with E-state index in [4.69, 9.17) is 0 Å².